The van der Waals surface area contributed by atoms with Gasteiger partial charge in [-0.1, -0.05) is 0 Å². The number of nitrogens with zero attached hydrogens (tertiary/aromatic N) is 1. The Morgan fingerprint density at radius 2 is 2.36 bits per heavy atom. The number of hydrogen-bond donors (Lipinski definition) is 1. The third-order valence-corrected chi connectivity index (χ3v) is 3.28. The first-order chi connectivity index (χ1) is 6.63. The van der Waals surface area contributed by atoms with Gasteiger partial charge in [0.1, 0.15) is 0 Å². The minimum absolute atomic E-state index is 0.0853. The molecule has 0 aliphatic carbocycles. The van der Waals surface area contributed by atoms with Crippen molar-refractivity contribution in [2.75, 3.05) is 31.7 Å². The van der Waals surface area contributed by atoms with Gasteiger partial charge in [0.05, 0.1) is 0 Å². The van der Waals surface area contributed by atoms with Crippen molar-refractivity contribution in [2.45, 2.75) is 12.8 Å². The number of carbonyl (C=O) groups is 1. The average molecular weight is 219 g/mol. The smallest absolute Gasteiger partial charge is 0.223 e. The molecule has 1 fully saturated rings. The summed E-state index contributed by atoms with van der Waals surface area (Å²) in [6.07, 6.45) is 2.92. The third-order valence-electron chi connectivity index (χ3n) is 2.41. The van der Waals surface area contributed by atoms with E-state index in [2.05, 4.69) is 0 Å². The molecule has 2 unspecified atom stereocenters. The highest BCUT2D eigenvalue weighted by atomic mass is 32.2. The minimum Gasteiger partial charge on any atom is -0.396 e. The summed E-state index contributed by atoms with van der Waals surface area (Å²) in [5, 5.41) is 8.89. The molecule has 0 bridgehead atoms. The molecule has 1 saturated heterocycles. The van der Waals surface area contributed by atoms with Crippen LogP contribution in [0.4, 0.5) is 0 Å². The predicted molar refractivity (Wildman–Crippen MR) is 55.3 cm³/mol. The van der Waals surface area contributed by atoms with Crippen molar-refractivity contribution in [3.63, 3.8) is 0 Å². The third kappa shape index (κ3) is 3.38. The Hall–Kier alpha value is -0.420. The molecule has 0 saturated carbocycles. The number of aliphatic hydroxyl groups is 1. The number of amides is 1. The summed E-state index contributed by atoms with van der Waals surface area (Å²) in [5.41, 5.74) is 0. The van der Waals surface area contributed by atoms with Gasteiger partial charge in [-0.3, -0.25) is 9.00 Å². The quantitative estimate of drug-likeness (QED) is 0.684. The van der Waals surface area contributed by atoms with E-state index in [-0.39, 0.29) is 18.4 Å². The van der Waals surface area contributed by atoms with Crippen molar-refractivity contribution in [2.24, 2.45) is 5.92 Å². The molecule has 1 aliphatic rings. The highest BCUT2D eigenvalue weighted by molar-refractivity contribution is 7.84. The Bertz CT molecular complexity index is 232. The molecule has 2 atom stereocenters. The van der Waals surface area contributed by atoms with Gasteiger partial charge in [-0.05, 0) is 6.42 Å². The topological polar surface area (TPSA) is 57.6 Å². The van der Waals surface area contributed by atoms with E-state index < -0.39 is 10.8 Å². The molecule has 0 radical (unpaired) electrons. The summed E-state index contributed by atoms with van der Waals surface area (Å²) in [5.74, 6) is 0.869. The number of rotatable bonds is 5. The normalized spacial score (nSPS) is 24.3. The first-order valence-electron chi connectivity index (χ1n) is 4.82. The lowest BCUT2D eigenvalue weighted by molar-refractivity contribution is -0.127. The largest absolute Gasteiger partial charge is 0.396 e. The summed E-state index contributed by atoms with van der Waals surface area (Å²) in [6.45, 7) is 1.42. The van der Waals surface area contributed by atoms with Crippen molar-refractivity contribution in [3.8, 4) is 0 Å². The Balaban J connectivity index is 2.25. The SMILES string of the molecule is CS(=O)CCCN1CC(CO)CC1=O. The molecule has 1 heterocycles. The van der Waals surface area contributed by atoms with Crippen molar-refractivity contribution in [1.29, 1.82) is 0 Å². The van der Waals surface area contributed by atoms with Gasteiger partial charge in [0, 0.05) is 54.8 Å². The maximum atomic E-state index is 11.4. The molecule has 4 nitrogen and oxygen atoms in total. The second-order valence-corrected chi connectivity index (χ2v) is 5.28. The second-order valence-electron chi connectivity index (χ2n) is 3.72. The van der Waals surface area contributed by atoms with Crippen LogP contribution in [0.1, 0.15) is 12.8 Å². The Kier molecular flexibility index (Phi) is 4.54. The zero-order valence-electron chi connectivity index (χ0n) is 8.44. The van der Waals surface area contributed by atoms with Gasteiger partial charge in [-0.25, -0.2) is 0 Å². The van der Waals surface area contributed by atoms with E-state index in [1.165, 1.54) is 0 Å². The van der Waals surface area contributed by atoms with E-state index in [1.807, 2.05) is 0 Å². The fraction of sp³-hybridized carbons (Fsp3) is 0.889. The van der Waals surface area contributed by atoms with Gasteiger partial charge in [0.2, 0.25) is 5.91 Å². The zero-order valence-corrected chi connectivity index (χ0v) is 9.26. The standard InChI is InChI=1S/C9H17NO3S/c1-14(13)4-2-3-10-6-8(7-11)5-9(10)12/h8,11H,2-7H2,1H3. The predicted octanol–water partition coefficient (Wildman–Crippen LogP) is -0.404. The summed E-state index contributed by atoms with van der Waals surface area (Å²) in [7, 11) is -0.775. The first-order valence-corrected chi connectivity index (χ1v) is 6.55. The molecule has 82 valence electrons. The lowest BCUT2D eigenvalue weighted by Crippen LogP contribution is -2.27. The summed E-state index contributed by atoms with van der Waals surface area (Å²) in [4.78, 5) is 13.1. The summed E-state index contributed by atoms with van der Waals surface area (Å²) >= 11 is 0. The highest BCUT2D eigenvalue weighted by Gasteiger charge is 2.28. The minimum atomic E-state index is -0.775. The van der Waals surface area contributed by atoms with Crippen LogP contribution in [0.5, 0.6) is 0 Å². The Morgan fingerprint density at radius 1 is 1.64 bits per heavy atom. The van der Waals surface area contributed by atoms with E-state index in [0.717, 1.165) is 6.42 Å². The maximum Gasteiger partial charge on any atom is 0.223 e. The molecule has 5 heteroatoms. The van der Waals surface area contributed by atoms with Gasteiger partial charge < -0.3 is 10.0 Å². The van der Waals surface area contributed by atoms with Crippen molar-refractivity contribution >= 4 is 16.7 Å². The zero-order chi connectivity index (χ0) is 10.6. The van der Waals surface area contributed by atoms with Crippen LogP contribution in [0.15, 0.2) is 0 Å². The number of carbonyl (C=O) groups excluding carboxylic acids is 1. The van der Waals surface area contributed by atoms with Crippen LogP contribution in [-0.4, -0.2) is 51.8 Å². The van der Waals surface area contributed by atoms with E-state index >= 15 is 0 Å². The van der Waals surface area contributed by atoms with Gasteiger partial charge in [-0.2, -0.15) is 0 Å². The summed E-state index contributed by atoms with van der Waals surface area (Å²) in [6, 6.07) is 0. The monoisotopic (exact) mass is 219 g/mol. The van der Waals surface area contributed by atoms with Crippen LogP contribution < -0.4 is 0 Å². The van der Waals surface area contributed by atoms with Gasteiger partial charge in [-0.15, -0.1) is 0 Å². The molecule has 0 aromatic carbocycles. The number of aliphatic hydroxyl groups excluding tert-OH is 1. The number of hydrogen-bond acceptors (Lipinski definition) is 3. The molecular formula is C9H17NO3S. The maximum absolute atomic E-state index is 11.4. The van der Waals surface area contributed by atoms with Gasteiger partial charge in [0.25, 0.3) is 0 Å². The summed E-state index contributed by atoms with van der Waals surface area (Å²) < 4.78 is 10.8. The molecule has 1 amide bonds. The van der Waals surface area contributed by atoms with Crippen LogP contribution in [0, 0.1) is 5.92 Å². The lowest BCUT2D eigenvalue weighted by Gasteiger charge is -2.15. The molecule has 0 spiro atoms. The Labute approximate surface area is 86.7 Å². The second kappa shape index (κ2) is 5.46. The van der Waals surface area contributed by atoms with Crippen molar-refractivity contribution in [1.82, 2.24) is 4.90 Å². The molecule has 0 aromatic rings. The molecule has 14 heavy (non-hydrogen) atoms. The molecule has 1 aliphatic heterocycles. The van der Waals surface area contributed by atoms with E-state index in [1.54, 1.807) is 11.2 Å². The fourth-order valence-corrected chi connectivity index (χ4v) is 2.19. The first kappa shape index (κ1) is 11.7. The van der Waals surface area contributed by atoms with Crippen molar-refractivity contribution < 1.29 is 14.1 Å². The van der Waals surface area contributed by atoms with Crippen LogP contribution in [0.2, 0.25) is 0 Å². The van der Waals surface area contributed by atoms with Crippen LogP contribution in [-0.2, 0) is 15.6 Å². The number of likely N-dealkylation sites (tertiary alicyclic amines) is 1. The Morgan fingerprint density at radius 3 is 2.86 bits per heavy atom. The van der Waals surface area contributed by atoms with Crippen LogP contribution in [0.3, 0.4) is 0 Å². The van der Waals surface area contributed by atoms with Gasteiger partial charge in [0.15, 0.2) is 0 Å². The highest BCUT2D eigenvalue weighted by Crippen LogP contribution is 2.16. The molecule has 1 rings (SSSR count). The van der Waals surface area contributed by atoms with Crippen molar-refractivity contribution in [3.05, 3.63) is 0 Å². The molecular weight excluding hydrogens is 202 g/mol. The van der Waals surface area contributed by atoms with E-state index in [0.29, 0.717) is 25.3 Å². The van der Waals surface area contributed by atoms with Crippen LogP contribution in [0.25, 0.3) is 0 Å². The molecule has 1 N–H and O–H groups in total. The van der Waals surface area contributed by atoms with Gasteiger partial charge >= 0.3 is 0 Å². The van der Waals surface area contributed by atoms with Crippen LogP contribution >= 0.6 is 0 Å². The lowest BCUT2D eigenvalue weighted by atomic mass is 10.1. The fourth-order valence-electron chi connectivity index (χ4n) is 1.65. The van der Waals surface area contributed by atoms with E-state index in [9.17, 15) is 9.00 Å². The van der Waals surface area contributed by atoms with E-state index in [4.69, 9.17) is 5.11 Å². The average Bonchev–Trinajstić information content (AvgIpc) is 2.47. The molecule has 0 aromatic heterocycles.